The Hall–Kier alpha value is -1.92. The summed E-state index contributed by atoms with van der Waals surface area (Å²) < 4.78 is 0. The lowest BCUT2D eigenvalue weighted by molar-refractivity contribution is -0.383. The van der Waals surface area contributed by atoms with Crippen molar-refractivity contribution in [3.63, 3.8) is 0 Å². The van der Waals surface area contributed by atoms with Crippen LogP contribution in [0.4, 0.5) is 17.3 Å². The first-order valence-corrected chi connectivity index (χ1v) is 6.56. The fourth-order valence-corrected chi connectivity index (χ4v) is 2.69. The molecule has 2 atom stereocenters. The summed E-state index contributed by atoms with van der Waals surface area (Å²) in [5.41, 5.74) is 5.29. The number of aromatic nitrogens is 2. The van der Waals surface area contributed by atoms with Crippen LogP contribution in [0.3, 0.4) is 0 Å². The van der Waals surface area contributed by atoms with Crippen LogP contribution < -0.4 is 11.1 Å². The maximum absolute atomic E-state index is 11.0. The average Bonchev–Trinajstić information content (AvgIpc) is 2.36. The fourth-order valence-electron chi connectivity index (χ4n) is 2.69. The quantitative estimate of drug-likeness (QED) is 0.638. The van der Waals surface area contributed by atoms with Gasteiger partial charge in [-0.2, -0.15) is 0 Å². The van der Waals surface area contributed by atoms with Gasteiger partial charge in [0.05, 0.1) is 4.92 Å². The number of nitrogens with zero attached hydrogens (tertiary/aromatic N) is 3. The van der Waals surface area contributed by atoms with Gasteiger partial charge in [-0.15, -0.1) is 0 Å². The van der Waals surface area contributed by atoms with Crippen LogP contribution in [-0.4, -0.2) is 21.4 Å². The maximum Gasteiger partial charge on any atom is 0.352 e. The number of nitrogens with two attached hydrogens (primary N) is 1. The van der Waals surface area contributed by atoms with E-state index in [0.717, 1.165) is 18.8 Å². The van der Waals surface area contributed by atoms with E-state index in [9.17, 15) is 10.1 Å². The lowest BCUT2D eigenvalue weighted by atomic mass is 9.82. The van der Waals surface area contributed by atoms with Crippen molar-refractivity contribution >= 4 is 17.3 Å². The molecule has 19 heavy (non-hydrogen) atoms. The molecule has 0 radical (unpaired) electrons. The van der Waals surface area contributed by atoms with Gasteiger partial charge in [0, 0.05) is 6.54 Å². The van der Waals surface area contributed by atoms with Crippen molar-refractivity contribution < 1.29 is 4.92 Å². The number of nitrogen functional groups attached to an aromatic ring is 1. The molecule has 2 rings (SSSR count). The zero-order valence-electron chi connectivity index (χ0n) is 11.0. The van der Waals surface area contributed by atoms with E-state index in [0.29, 0.717) is 12.5 Å². The van der Waals surface area contributed by atoms with Gasteiger partial charge >= 0.3 is 5.69 Å². The monoisotopic (exact) mass is 265 g/mol. The van der Waals surface area contributed by atoms with Crippen LogP contribution in [0.2, 0.25) is 0 Å². The molecule has 1 heterocycles. The predicted molar refractivity (Wildman–Crippen MR) is 72.7 cm³/mol. The van der Waals surface area contributed by atoms with Crippen LogP contribution in [0, 0.1) is 22.0 Å². The molecular formula is C12H19N5O2. The second kappa shape index (κ2) is 5.81. The third-order valence-corrected chi connectivity index (χ3v) is 3.64. The fraction of sp³-hybridized carbons (Fsp3) is 0.667. The third-order valence-electron chi connectivity index (χ3n) is 3.64. The first-order chi connectivity index (χ1) is 9.08. The minimum absolute atomic E-state index is 0.0977. The van der Waals surface area contributed by atoms with Crippen molar-refractivity contribution in [2.45, 2.75) is 32.6 Å². The van der Waals surface area contributed by atoms with Crippen molar-refractivity contribution in [2.75, 3.05) is 17.6 Å². The number of hydrogen-bond donors (Lipinski definition) is 2. The molecule has 3 N–H and O–H groups in total. The molecule has 1 saturated carbocycles. The van der Waals surface area contributed by atoms with E-state index in [1.807, 2.05) is 0 Å². The molecule has 0 bridgehead atoms. The molecule has 1 aliphatic rings. The van der Waals surface area contributed by atoms with E-state index in [-0.39, 0.29) is 17.3 Å². The molecule has 7 heteroatoms. The summed E-state index contributed by atoms with van der Waals surface area (Å²) >= 11 is 0. The van der Waals surface area contributed by atoms with Crippen LogP contribution in [0.25, 0.3) is 0 Å². The van der Waals surface area contributed by atoms with E-state index >= 15 is 0 Å². The highest BCUT2D eigenvalue weighted by molar-refractivity contribution is 5.67. The highest BCUT2D eigenvalue weighted by atomic mass is 16.6. The summed E-state index contributed by atoms with van der Waals surface area (Å²) in [4.78, 5) is 18.0. The largest absolute Gasteiger partial charge is 0.378 e. The third kappa shape index (κ3) is 3.30. The van der Waals surface area contributed by atoms with Crippen molar-refractivity contribution in [3.05, 3.63) is 16.4 Å². The Labute approximate surface area is 111 Å². The van der Waals surface area contributed by atoms with Gasteiger partial charge in [0.15, 0.2) is 0 Å². The van der Waals surface area contributed by atoms with Crippen molar-refractivity contribution in [1.82, 2.24) is 9.97 Å². The second-order valence-electron chi connectivity index (χ2n) is 5.23. The van der Waals surface area contributed by atoms with Crippen LogP contribution >= 0.6 is 0 Å². The number of nitro groups is 1. The molecule has 1 aliphatic carbocycles. The number of anilines is 2. The van der Waals surface area contributed by atoms with Gasteiger partial charge in [0.25, 0.3) is 0 Å². The van der Waals surface area contributed by atoms with E-state index < -0.39 is 4.92 Å². The summed E-state index contributed by atoms with van der Waals surface area (Å²) in [6, 6.07) is 0. The van der Waals surface area contributed by atoms with Gasteiger partial charge in [-0.3, -0.25) is 10.1 Å². The van der Waals surface area contributed by atoms with Crippen molar-refractivity contribution in [2.24, 2.45) is 11.8 Å². The SMILES string of the molecule is CC1CCCC(CNc2ncnc(N)c2[N+](=O)[O-])C1. The molecule has 0 aliphatic heterocycles. The minimum atomic E-state index is -0.541. The van der Waals surface area contributed by atoms with E-state index in [4.69, 9.17) is 5.73 Å². The van der Waals surface area contributed by atoms with Gasteiger partial charge in [0.2, 0.25) is 11.6 Å². The molecule has 0 amide bonds. The Morgan fingerprint density at radius 3 is 3.00 bits per heavy atom. The summed E-state index contributed by atoms with van der Waals surface area (Å²) in [5, 5.41) is 14.0. The molecule has 0 spiro atoms. The first kappa shape index (κ1) is 13.5. The highest BCUT2D eigenvalue weighted by Gasteiger charge is 2.23. The summed E-state index contributed by atoms with van der Waals surface area (Å²) in [7, 11) is 0. The summed E-state index contributed by atoms with van der Waals surface area (Å²) in [6.45, 7) is 2.94. The smallest absolute Gasteiger partial charge is 0.352 e. The molecular weight excluding hydrogens is 246 g/mol. The number of hydrogen-bond acceptors (Lipinski definition) is 6. The second-order valence-corrected chi connectivity index (χ2v) is 5.23. The molecule has 0 saturated heterocycles. The Balaban J connectivity index is 2.03. The van der Waals surface area contributed by atoms with Crippen LogP contribution in [0.15, 0.2) is 6.33 Å². The van der Waals surface area contributed by atoms with Gasteiger partial charge in [-0.05, 0) is 24.7 Å². The maximum atomic E-state index is 11.0. The molecule has 7 nitrogen and oxygen atoms in total. The van der Waals surface area contributed by atoms with Crippen LogP contribution in [0.1, 0.15) is 32.6 Å². The van der Waals surface area contributed by atoms with E-state index in [1.165, 1.54) is 19.2 Å². The lowest BCUT2D eigenvalue weighted by Gasteiger charge is -2.26. The highest BCUT2D eigenvalue weighted by Crippen LogP contribution is 2.30. The average molecular weight is 265 g/mol. The molecule has 1 aromatic rings. The minimum Gasteiger partial charge on any atom is -0.378 e. The first-order valence-electron chi connectivity index (χ1n) is 6.56. The van der Waals surface area contributed by atoms with Crippen molar-refractivity contribution in [3.8, 4) is 0 Å². The Bertz CT molecular complexity index is 465. The topological polar surface area (TPSA) is 107 Å². The Morgan fingerprint density at radius 1 is 1.53 bits per heavy atom. The molecule has 1 fully saturated rings. The zero-order chi connectivity index (χ0) is 13.8. The number of nitrogens with one attached hydrogen (secondary N) is 1. The molecule has 0 aromatic carbocycles. The Kier molecular flexibility index (Phi) is 4.13. The molecule has 104 valence electrons. The van der Waals surface area contributed by atoms with Gasteiger partial charge < -0.3 is 11.1 Å². The summed E-state index contributed by atoms with van der Waals surface area (Å²) in [6.07, 6.45) is 6.06. The van der Waals surface area contributed by atoms with E-state index in [1.54, 1.807) is 0 Å². The predicted octanol–water partition coefficient (Wildman–Crippen LogP) is 2.21. The normalized spacial score (nSPS) is 23.0. The standard InChI is InChI=1S/C12H19N5O2/c1-8-3-2-4-9(5-8)6-14-12-10(17(18)19)11(13)15-7-16-12/h7-9H,2-6H2,1H3,(H3,13,14,15,16). The zero-order valence-corrected chi connectivity index (χ0v) is 11.0. The summed E-state index contributed by atoms with van der Waals surface area (Å²) in [5.74, 6) is 1.39. The van der Waals surface area contributed by atoms with Gasteiger partial charge in [-0.25, -0.2) is 9.97 Å². The molecule has 2 unspecified atom stereocenters. The lowest BCUT2D eigenvalue weighted by Crippen LogP contribution is -2.22. The van der Waals surface area contributed by atoms with Gasteiger partial charge in [-0.1, -0.05) is 19.8 Å². The molecule has 1 aromatic heterocycles. The van der Waals surface area contributed by atoms with Crippen molar-refractivity contribution in [1.29, 1.82) is 0 Å². The van der Waals surface area contributed by atoms with Gasteiger partial charge in [0.1, 0.15) is 6.33 Å². The Morgan fingerprint density at radius 2 is 2.32 bits per heavy atom. The van der Waals surface area contributed by atoms with E-state index in [2.05, 4.69) is 22.2 Å². The van der Waals surface area contributed by atoms with Crippen LogP contribution in [-0.2, 0) is 0 Å². The van der Waals surface area contributed by atoms with Crippen LogP contribution in [0.5, 0.6) is 0 Å². The number of rotatable bonds is 4.